The predicted molar refractivity (Wildman–Crippen MR) is 189 cm³/mol. The van der Waals surface area contributed by atoms with Crippen LogP contribution in [-0.2, 0) is 32.5 Å². The average Bonchev–Trinajstić information content (AvgIpc) is 3.48. The van der Waals surface area contributed by atoms with E-state index < -0.39 is 21.2 Å². The van der Waals surface area contributed by atoms with Crippen LogP contribution in [0, 0.1) is 23.7 Å². The van der Waals surface area contributed by atoms with E-state index >= 15 is 0 Å². The van der Waals surface area contributed by atoms with Crippen molar-refractivity contribution in [3.63, 3.8) is 0 Å². The van der Waals surface area contributed by atoms with Gasteiger partial charge in [0.1, 0.15) is 12.4 Å². The van der Waals surface area contributed by atoms with E-state index in [1.807, 2.05) is 37.3 Å². The van der Waals surface area contributed by atoms with Crippen molar-refractivity contribution in [3.05, 3.63) is 58.1 Å². The van der Waals surface area contributed by atoms with Gasteiger partial charge < -0.3 is 24.0 Å². The molecule has 0 unspecified atom stereocenters. The molecular weight excluding hydrogens is 650 g/mol. The van der Waals surface area contributed by atoms with Gasteiger partial charge in [-0.1, -0.05) is 31.0 Å². The van der Waals surface area contributed by atoms with Crippen molar-refractivity contribution in [2.45, 2.75) is 89.5 Å². The van der Waals surface area contributed by atoms with Gasteiger partial charge in [0, 0.05) is 36.1 Å². The molecule has 2 aromatic rings. The fourth-order valence-electron chi connectivity index (χ4n) is 7.99. The molecular formula is C37H52ClN3O6S. The Balaban J connectivity index is 1.35. The number of carbonyl (C=O) groups is 1. The zero-order valence-electron chi connectivity index (χ0n) is 28.8. The van der Waals surface area contributed by atoms with E-state index in [4.69, 9.17) is 25.8 Å². The minimum Gasteiger partial charge on any atom is -0.487 e. The van der Waals surface area contributed by atoms with Gasteiger partial charge in [0.25, 0.3) is 5.91 Å². The molecule has 1 saturated heterocycles. The monoisotopic (exact) mass is 701 g/mol. The molecule has 0 spiro atoms. The number of nitrogens with one attached hydrogen (secondary N) is 1. The molecule has 264 valence electrons. The standard InChI is InChI=1S/C37H52ClN3O6S/c1-24-8-7-10-33(37-46-23-31(47-37)21-40(3)4)32-15-12-28(32)20-41-17-6-5-9-26-18-30(38)14-11-29(26)22-45-35-16-13-27(19-34(35)41)36(42)39-48(43,44)25(24)2/h11,13-14,16,18-19,24-25,28,31-33,37H,5-10,12,15,17,20-23H2,1-4H3,(H,39,42)/t24-,25+,28-,31+,32+,33+,37+/m0/s1. The summed E-state index contributed by atoms with van der Waals surface area (Å²) in [4.78, 5) is 18.0. The first-order valence-electron chi connectivity index (χ1n) is 17.8. The Kier molecular flexibility index (Phi) is 11.3. The summed E-state index contributed by atoms with van der Waals surface area (Å²) in [6.07, 6.45) is 7.40. The topological polar surface area (TPSA) is 97.4 Å². The van der Waals surface area contributed by atoms with E-state index in [1.54, 1.807) is 13.0 Å². The second-order valence-corrected chi connectivity index (χ2v) is 17.2. The van der Waals surface area contributed by atoms with Gasteiger partial charge in [-0.3, -0.25) is 4.79 Å². The number of anilines is 1. The number of rotatable bonds is 3. The first-order chi connectivity index (χ1) is 23.0. The van der Waals surface area contributed by atoms with Crippen LogP contribution in [0.15, 0.2) is 36.4 Å². The molecule has 1 saturated carbocycles. The number of carbonyl (C=O) groups excluding carboxylic acids is 1. The van der Waals surface area contributed by atoms with E-state index in [0.717, 1.165) is 87.3 Å². The third-order valence-electron chi connectivity index (χ3n) is 11.1. The molecule has 2 fully saturated rings. The molecule has 4 aliphatic rings. The highest BCUT2D eigenvalue weighted by molar-refractivity contribution is 7.90. The molecule has 0 aromatic heterocycles. The lowest BCUT2D eigenvalue weighted by molar-refractivity contribution is -0.134. The summed E-state index contributed by atoms with van der Waals surface area (Å²) in [7, 11) is 0.210. The first-order valence-corrected chi connectivity index (χ1v) is 19.7. The molecule has 0 radical (unpaired) electrons. The molecule has 1 aliphatic carbocycles. The van der Waals surface area contributed by atoms with Crippen LogP contribution in [0.2, 0.25) is 5.02 Å². The van der Waals surface area contributed by atoms with Gasteiger partial charge in [-0.2, -0.15) is 0 Å². The number of nitrogens with zero attached hydrogens (tertiary/aromatic N) is 2. The SMILES string of the molecule is C[C@@H]1[C@@H](C)CCC[C@@H]([C@@H]2OC[C@@H](CN(C)C)O2)[C@@H]2CC[C@H]2CN2CCCCc3cc(Cl)ccc3COc3ccc(cc32)C(=O)NS1(=O)=O. The summed E-state index contributed by atoms with van der Waals surface area (Å²) < 4.78 is 48.7. The van der Waals surface area contributed by atoms with Gasteiger partial charge in [-0.15, -0.1) is 0 Å². The van der Waals surface area contributed by atoms with Crippen molar-refractivity contribution in [2.24, 2.45) is 23.7 Å². The zero-order valence-corrected chi connectivity index (χ0v) is 30.4. The van der Waals surface area contributed by atoms with Crippen molar-refractivity contribution in [2.75, 3.05) is 45.2 Å². The highest BCUT2D eigenvalue weighted by Crippen LogP contribution is 2.47. The summed E-state index contributed by atoms with van der Waals surface area (Å²) in [6.45, 7) is 7.07. The first kappa shape index (κ1) is 35.5. The van der Waals surface area contributed by atoms with Crippen LogP contribution in [0.4, 0.5) is 5.69 Å². The number of hydrogen-bond donors (Lipinski definition) is 1. The molecule has 6 rings (SSSR count). The van der Waals surface area contributed by atoms with Gasteiger partial charge in [0.15, 0.2) is 6.29 Å². The normalized spacial score (nSPS) is 31.4. The lowest BCUT2D eigenvalue weighted by Gasteiger charge is -2.46. The third kappa shape index (κ3) is 8.15. The zero-order chi connectivity index (χ0) is 34.0. The molecule has 3 heterocycles. The second-order valence-electron chi connectivity index (χ2n) is 14.8. The molecule has 48 heavy (non-hydrogen) atoms. The Labute approximate surface area is 291 Å². The smallest absolute Gasteiger partial charge is 0.264 e. The maximum atomic E-state index is 13.5. The molecule has 1 amide bonds. The van der Waals surface area contributed by atoms with Crippen molar-refractivity contribution >= 4 is 33.2 Å². The Hall–Kier alpha value is -2.37. The minimum atomic E-state index is -3.90. The largest absolute Gasteiger partial charge is 0.487 e. The van der Waals surface area contributed by atoms with Crippen LogP contribution in [0.5, 0.6) is 5.75 Å². The molecule has 2 bridgehead atoms. The predicted octanol–water partition coefficient (Wildman–Crippen LogP) is 6.28. The Morgan fingerprint density at radius 3 is 2.58 bits per heavy atom. The second kappa shape index (κ2) is 15.3. The average molecular weight is 702 g/mol. The van der Waals surface area contributed by atoms with Crippen molar-refractivity contribution in [1.82, 2.24) is 9.62 Å². The molecule has 1 N–H and O–H groups in total. The Morgan fingerprint density at radius 1 is 0.979 bits per heavy atom. The van der Waals surface area contributed by atoms with E-state index in [-0.39, 0.29) is 24.2 Å². The van der Waals surface area contributed by atoms with Gasteiger partial charge in [0.05, 0.1) is 23.6 Å². The highest BCUT2D eigenvalue weighted by Gasteiger charge is 2.45. The lowest BCUT2D eigenvalue weighted by Crippen LogP contribution is -2.45. The number of aryl methyl sites for hydroxylation is 1. The fourth-order valence-corrected chi connectivity index (χ4v) is 9.50. The maximum Gasteiger partial charge on any atom is 0.264 e. The van der Waals surface area contributed by atoms with Crippen molar-refractivity contribution in [3.8, 4) is 5.75 Å². The van der Waals surface area contributed by atoms with Crippen molar-refractivity contribution < 1.29 is 27.4 Å². The van der Waals surface area contributed by atoms with Crippen LogP contribution < -0.4 is 14.4 Å². The van der Waals surface area contributed by atoms with Crippen LogP contribution in [-0.4, -0.2) is 77.2 Å². The third-order valence-corrected chi connectivity index (χ3v) is 13.3. The minimum absolute atomic E-state index is 0.0454. The van der Waals surface area contributed by atoms with Crippen LogP contribution in [0.25, 0.3) is 0 Å². The number of likely N-dealkylation sites (N-methyl/N-ethyl adjacent to an activating group) is 1. The Bertz CT molecular complexity index is 1550. The van der Waals surface area contributed by atoms with E-state index in [0.29, 0.717) is 36.4 Å². The van der Waals surface area contributed by atoms with Crippen LogP contribution in [0.3, 0.4) is 0 Å². The summed E-state index contributed by atoms with van der Waals surface area (Å²) in [5.41, 5.74) is 3.42. The number of halogens is 1. The number of hydrogen-bond acceptors (Lipinski definition) is 8. The van der Waals surface area contributed by atoms with E-state index in [1.165, 1.54) is 5.56 Å². The van der Waals surface area contributed by atoms with Gasteiger partial charge in [-0.25, -0.2) is 13.1 Å². The van der Waals surface area contributed by atoms with E-state index in [9.17, 15) is 13.2 Å². The summed E-state index contributed by atoms with van der Waals surface area (Å²) >= 11 is 6.37. The summed E-state index contributed by atoms with van der Waals surface area (Å²) in [6, 6.07) is 11.3. The number of sulfonamides is 1. The quantitative estimate of drug-likeness (QED) is 0.400. The molecule has 7 atom stereocenters. The number of fused-ring (bicyclic) bond motifs is 3. The molecule has 11 heteroatoms. The summed E-state index contributed by atoms with van der Waals surface area (Å²) in [5, 5.41) is -0.000716. The van der Waals surface area contributed by atoms with Crippen LogP contribution in [0.1, 0.15) is 80.3 Å². The molecule has 9 nitrogen and oxygen atoms in total. The number of benzene rings is 2. The fraction of sp³-hybridized carbons (Fsp3) is 0.649. The van der Waals surface area contributed by atoms with Crippen molar-refractivity contribution in [1.29, 1.82) is 0 Å². The maximum absolute atomic E-state index is 13.5. The molecule has 3 aliphatic heterocycles. The number of amides is 1. The van der Waals surface area contributed by atoms with Crippen LogP contribution >= 0.6 is 11.6 Å². The Morgan fingerprint density at radius 2 is 1.81 bits per heavy atom. The summed E-state index contributed by atoms with van der Waals surface area (Å²) in [5.74, 6) is 1.04. The van der Waals surface area contributed by atoms with E-state index in [2.05, 4.69) is 28.6 Å². The van der Waals surface area contributed by atoms with Gasteiger partial charge in [-0.05, 0) is 125 Å². The lowest BCUT2D eigenvalue weighted by atomic mass is 9.65. The molecule has 2 aromatic carbocycles. The van der Waals surface area contributed by atoms with Gasteiger partial charge >= 0.3 is 0 Å². The number of ether oxygens (including phenoxy) is 3. The highest BCUT2D eigenvalue weighted by atomic mass is 35.5. The van der Waals surface area contributed by atoms with Gasteiger partial charge in [0.2, 0.25) is 10.0 Å².